The number of epoxide rings is 1. The van der Waals surface area contributed by atoms with E-state index in [2.05, 4.69) is 44.8 Å². The number of aromatic amines is 1. The van der Waals surface area contributed by atoms with Crippen molar-refractivity contribution in [3.8, 4) is 0 Å². The Hall–Kier alpha value is -1.56. The zero-order chi connectivity index (χ0) is 17.7. The Kier molecular flexibility index (Phi) is 6.27. The van der Waals surface area contributed by atoms with Crippen LogP contribution in [-0.4, -0.2) is 21.9 Å². The Morgan fingerprint density at radius 3 is 2.75 bits per heavy atom. The van der Waals surface area contributed by atoms with E-state index in [1.165, 1.54) is 11.1 Å². The van der Waals surface area contributed by atoms with Crippen molar-refractivity contribution in [1.29, 1.82) is 0 Å². The third kappa shape index (κ3) is 5.51. The molecule has 0 aromatic carbocycles. The minimum atomic E-state index is -0.154. The molecule has 1 aromatic heterocycles. The van der Waals surface area contributed by atoms with E-state index >= 15 is 0 Å². The van der Waals surface area contributed by atoms with Gasteiger partial charge in [0.05, 0.1) is 11.7 Å². The average molecular weight is 333 g/mol. The normalized spacial score (nSPS) is 23.2. The smallest absolute Gasteiger partial charge is 0.119 e. The third-order valence-electron chi connectivity index (χ3n) is 4.61. The highest BCUT2D eigenvalue weighted by molar-refractivity contribution is 5.40. The molecule has 0 unspecified atom stereocenters. The van der Waals surface area contributed by atoms with E-state index < -0.39 is 0 Å². The van der Waals surface area contributed by atoms with Gasteiger partial charge in [-0.3, -0.25) is 5.21 Å². The Balaban J connectivity index is 1.73. The molecule has 5 heteroatoms. The molecule has 0 amide bonds. The summed E-state index contributed by atoms with van der Waals surface area (Å²) in [6.45, 7) is 8.60. The van der Waals surface area contributed by atoms with Gasteiger partial charge in [-0.05, 0) is 65.0 Å². The molecule has 0 aliphatic carbocycles. The van der Waals surface area contributed by atoms with Gasteiger partial charge in [-0.15, -0.1) is 0 Å². The van der Waals surface area contributed by atoms with Gasteiger partial charge in [0, 0.05) is 12.6 Å². The van der Waals surface area contributed by atoms with E-state index in [0.29, 0.717) is 0 Å². The Bertz CT molecular complexity index is 600. The highest BCUT2D eigenvalue weighted by atomic mass is 16.8. The maximum Gasteiger partial charge on any atom is 0.119 e. The van der Waals surface area contributed by atoms with Crippen molar-refractivity contribution in [2.24, 2.45) is 0 Å². The Morgan fingerprint density at radius 1 is 1.38 bits per heavy atom. The number of anilines is 1. The topological polar surface area (TPSA) is 74.9 Å². The van der Waals surface area contributed by atoms with E-state index in [9.17, 15) is 5.21 Å². The maximum atomic E-state index is 10.8. The Labute approximate surface area is 144 Å². The minimum Gasteiger partial charge on any atom is -0.732 e. The first-order valence-electron chi connectivity index (χ1n) is 8.60. The predicted octanol–water partition coefficient (Wildman–Crippen LogP) is 4.88. The molecular weight excluding hydrogens is 304 g/mol. The van der Waals surface area contributed by atoms with Gasteiger partial charge in [-0.2, -0.15) is 0 Å². The second-order valence-corrected chi connectivity index (χ2v) is 7.20. The molecule has 1 aliphatic heterocycles. The largest absolute Gasteiger partial charge is 0.732 e. The lowest BCUT2D eigenvalue weighted by molar-refractivity contribution is 0.293. The van der Waals surface area contributed by atoms with Crippen LogP contribution in [0.3, 0.4) is 0 Å². The van der Waals surface area contributed by atoms with Crippen LogP contribution in [0.4, 0.5) is 5.82 Å². The van der Waals surface area contributed by atoms with Gasteiger partial charge in [-0.1, -0.05) is 23.3 Å². The monoisotopic (exact) mass is 333 g/mol. The summed E-state index contributed by atoms with van der Waals surface area (Å²) in [5.41, 5.74) is 3.70. The summed E-state index contributed by atoms with van der Waals surface area (Å²) in [6, 6.07) is 1.66. The molecule has 2 heterocycles. The van der Waals surface area contributed by atoms with E-state index in [4.69, 9.17) is 9.94 Å². The number of nitrogens with zero attached hydrogens (tertiary/aromatic N) is 1. The molecule has 134 valence electrons. The number of aromatic nitrogens is 1. The van der Waals surface area contributed by atoms with Gasteiger partial charge in [0.1, 0.15) is 5.82 Å². The lowest BCUT2D eigenvalue weighted by Crippen LogP contribution is -2.11. The fourth-order valence-corrected chi connectivity index (χ4v) is 2.93. The summed E-state index contributed by atoms with van der Waals surface area (Å²) in [5.74, 6) is 0.155. The predicted molar refractivity (Wildman–Crippen MR) is 97.1 cm³/mol. The van der Waals surface area contributed by atoms with Crippen LogP contribution >= 0.6 is 0 Å². The molecule has 2 N–H and O–H groups in total. The molecule has 1 fully saturated rings. The average Bonchev–Trinajstić information content (AvgIpc) is 2.91. The highest BCUT2D eigenvalue weighted by Gasteiger charge is 2.50. The lowest BCUT2D eigenvalue weighted by Gasteiger charge is -2.18. The molecular formula is C19H29N2O3-. The van der Waals surface area contributed by atoms with Crippen LogP contribution in [0, 0.1) is 5.21 Å². The standard InChI is InChI=1S/C19H29N2O3/c1-14(2)7-5-8-15(3)9-6-10-19(4)17(24-19)11-16-12-18(20-13-16)21(22)23/h7,9,12-13,17,20,22H,5-6,8,10-11H2,1-4H3/q-1/t17-,19-/m1/s1. The number of allylic oxidation sites excluding steroid dienone is 4. The third-order valence-corrected chi connectivity index (χ3v) is 4.61. The molecule has 0 saturated carbocycles. The number of hydrogen-bond acceptors (Lipinski definition) is 4. The van der Waals surface area contributed by atoms with Crippen LogP contribution in [0.2, 0.25) is 0 Å². The lowest BCUT2D eigenvalue weighted by atomic mass is 9.96. The number of ether oxygens (including phenoxy) is 1. The van der Waals surface area contributed by atoms with Crippen LogP contribution in [-0.2, 0) is 11.2 Å². The van der Waals surface area contributed by atoms with Crippen molar-refractivity contribution >= 4 is 5.82 Å². The van der Waals surface area contributed by atoms with Crippen LogP contribution in [0.5, 0.6) is 0 Å². The molecule has 24 heavy (non-hydrogen) atoms. The number of hydrogen-bond donors (Lipinski definition) is 2. The summed E-state index contributed by atoms with van der Waals surface area (Å²) in [5, 5.41) is 19.5. The van der Waals surface area contributed by atoms with E-state index in [-0.39, 0.29) is 22.7 Å². The van der Waals surface area contributed by atoms with Crippen LogP contribution in [0.25, 0.3) is 0 Å². The Morgan fingerprint density at radius 2 is 2.12 bits per heavy atom. The number of nitrogens with one attached hydrogen (secondary N) is 1. The molecule has 0 bridgehead atoms. The van der Waals surface area contributed by atoms with Gasteiger partial charge in [0.25, 0.3) is 0 Å². The fourth-order valence-electron chi connectivity index (χ4n) is 2.93. The molecule has 1 aliphatic rings. The zero-order valence-corrected chi connectivity index (χ0v) is 15.1. The van der Waals surface area contributed by atoms with Crippen LogP contribution in [0.1, 0.15) is 58.9 Å². The van der Waals surface area contributed by atoms with Crippen molar-refractivity contribution in [2.75, 3.05) is 5.23 Å². The SMILES string of the molecule is CC(C)=CCCC(C)=CCC[C@@]1(C)O[C@@H]1Cc1c[nH]c(N([O-])O)c1. The molecule has 0 radical (unpaired) electrons. The molecule has 1 saturated heterocycles. The van der Waals surface area contributed by atoms with E-state index in [1.807, 2.05) is 0 Å². The van der Waals surface area contributed by atoms with Crippen LogP contribution in [0.15, 0.2) is 35.6 Å². The van der Waals surface area contributed by atoms with Crippen molar-refractivity contribution < 1.29 is 9.94 Å². The van der Waals surface area contributed by atoms with Crippen molar-refractivity contribution in [3.63, 3.8) is 0 Å². The molecule has 2 atom stereocenters. The van der Waals surface area contributed by atoms with E-state index in [1.54, 1.807) is 12.3 Å². The van der Waals surface area contributed by atoms with Gasteiger partial charge >= 0.3 is 0 Å². The first-order chi connectivity index (χ1) is 11.3. The first-order valence-corrected chi connectivity index (χ1v) is 8.60. The molecule has 1 aromatic rings. The quantitative estimate of drug-likeness (QED) is 0.383. The number of rotatable bonds is 9. The summed E-state index contributed by atoms with van der Waals surface area (Å²) < 4.78 is 5.87. The van der Waals surface area contributed by atoms with Gasteiger partial charge in [0.2, 0.25) is 0 Å². The highest BCUT2D eigenvalue weighted by Crippen LogP contribution is 2.42. The van der Waals surface area contributed by atoms with Crippen molar-refractivity contribution in [1.82, 2.24) is 4.98 Å². The summed E-state index contributed by atoms with van der Waals surface area (Å²) >= 11 is 0. The van der Waals surface area contributed by atoms with Gasteiger partial charge in [0.15, 0.2) is 0 Å². The van der Waals surface area contributed by atoms with Crippen molar-refractivity contribution in [3.05, 3.63) is 46.3 Å². The van der Waals surface area contributed by atoms with Crippen molar-refractivity contribution in [2.45, 2.75) is 71.5 Å². The van der Waals surface area contributed by atoms with Gasteiger partial charge < -0.3 is 20.2 Å². The summed E-state index contributed by atoms with van der Waals surface area (Å²) in [6.07, 6.45) is 11.5. The molecule has 5 nitrogen and oxygen atoms in total. The second kappa shape index (κ2) is 8.01. The maximum absolute atomic E-state index is 10.8. The number of H-pyrrole nitrogens is 1. The second-order valence-electron chi connectivity index (χ2n) is 7.20. The minimum absolute atomic E-state index is 0.0789. The summed E-state index contributed by atoms with van der Waals surface area (Å²) in [7, 11) is 0. The van der Waals surface area contributed by atoms with Crippen LogP contribution < -0.4 is 5.23 Å². The fraction of sp³-hybridized carbons (Fsp3) is 0.579. The zero-order valence-electron chi connectivity index (χ0n) is 15.1. The summed E-state index contributed by atoms with van der Waals surface area (Å²) in [4.78, 5) is 2.74. The first kappa shape index (κ1) is 18.8. The molecule has 2 rings (SSSR count). The van der Waals surface area contributed by atoms with E-state index in [0.717, 1.165) is 37.7 Å². The van der Waals surface area contributed by atoms with Gasteiger partial charge in [-0.25, -0.2) is 0 Å². The molecule has 0 spiro atoms.